The summed E-state index contributed by atoms with van der Waals surface area (Å²) in [5.74, 6) is -0.370. The van der Waals surface area contributed by atoms with E-state index in [1.165, 1.54) is 0 Å². The predicted molar refractivity (Wildman–Crippen MR) is 93.7 cm³/mol. The maximum Gasteiger partial charge on any atom is 0.329 e. The van der Waals surface area contributed by atoms with Gasteiger partial charge in [0, 0.05) is 18.4 Å². The standard InChI is InChI=1S/C17H15Cl2N3O2/c1-10-3-5-12(21(10)2)8-15-16(23)22(17(24)20-15)9-11-4-6-13(18)14(19)7-11/h3-8H,9H2,1-2H3,(H,20,24)/b15-8-. The molecule has 1 aromatic heterocycles. The molecule has 3 rings (SSSR count). The zero-order valence-corrected chi connectivity index (χ0v) is 14.6. The van der Waals surface area contributed by atoms with Gasteiger partial charge in [-0.15, -0.1) is 0 Å². The summed E-state index contributed by atoms with van der Waals surface area (Å²) in [6, 6.07) is 8.40. The second kappa shape index (κ2) is 6.34. The fourth-order valence-electron chi connectivity index (χ4n) is 2.46. The molecule has 1 aliphatic rings. The van der Waals surface area contributed by atoms with Gasteiger partial charge in [-0.05, 0) is 42.8 Å². The maximum atomic E-state index is 12.5. The lowest BCUT2D eigenvalue weighted by atomic mass is 10.2. The van der Waals surface area contributed by atoms with Crippen molar-refractivity contribution in [3.63, 3.8) is 0 Å². The highest BCUT2D eigenvalue weighted by molar-refractivity contribution is 6.42. The van der Waals surface area contributed by atoms with Crippen molar-refractivity contribution in [2.24, 2.45) is 7.05 Å². The van der Waals surface area contributed by atoms with E-state index < -0.39 is 6.03 Å². The zero-order valence-electron chi connectivity index (χ0n) is 13.1. The molecule has 7 heteroatoms. The van der Waals surface area contributed by atoms with Gasteiger partial charge in [0.2, 0.25) is 0 Å². The van der Waals surface area contributed by atoms with E-state index in [2.05, 4.69) is 5.32 Å². The lowest BCUT2D eigenvalue weighted by molar-refractivity contribution is -0.123. The van der Waals surface area contributed by atoms with Crippen LogP contribution in [0.25, 0.3) is 6.08 Å². The Labute approximate surface area is 149 Å². The largest absolute Gasteiger partial charge is 0.348 e. The Morgan fingerprint density at radius 3 is 2.50 bits per heavy atom. The van der Waals surface area contributed by atoms with Gasteiger partial charge in [-0.25, -0.2) is 4.79 Å². The Bertz CT molecular complexity index is 871. The van der Waals surface area contributed by atoms with Gasteiger partial charge >= 0.3 is 6.03 Å². The number of aryl methyl sites for hydroxylation is 1. The summed E-state index contributed by atoms with van der Waals surface area (Å²) in [5.41, 5.74) is 2.88. The summed E-state index contributed by atoms with van der Waals surface area (Å²) < 4.78 is 1.94. The number of carbonyl (C=O) groups is 2. The first-order valence-corrected chi connectivity index (χ1v) is 8.03. The Morgan fingerprint density at radius 1 is 1.12 bits per heavy atom. The van der Waals surface area contributed by atoms with Gasteiger partial charge in [0.05, 0.1) is 16.6 Å². The normalized spacial score (nSPS) is 16.2. The molecular weight excluding hydrogens is 349 g/mol. The number of aromatic nitrogens is 1. The van der Waals surface area contributed by atoms with Gasteiger partial charge < -0.3 is 9.88 Å². The van der Waals surface area contributed by atoms with Crippen molar-refractivity contribution >= 4 is 41.2 Å². The zero-order chi connectivity index (χ0) is 17.4. The summed E-state index contributed by atoms with van der Waals surface area (Å²) in [5, 5.41) is 3.42. The lowest BCUT2D eigenvalue weighted by Crippen LogP contribution is -2.30. The van der Waals surface area contributed by atoms with Gasteiger partial charge in [0.1, 0.15) is 5.70 Å². The van der Waals surface area contributed by atoms with E-state index >= 15 is 0 Å². The Hall–Kier alpha value is -2.24. The second-order valence-corrected chi connectivity index (χ2v) is 6.40. The number of urea groups is 1. The molecule has 2 heterocycles. The highest BCUT2D eigenvalue weighted by Crippen LogP contribution is 2.24. The quantitative estimate of drug-likeness (QED) is 0.667. The van der Waals surface area contributed by atoms with Crippen molar-refractivity contribution in [1.82, 2.24) is 14.8 Å². The number of carbonyl (C=O) groups excluding carboxylic acids is 2. The molecule has 1 saturated heterocycles. The van der Waals surface area contributed by atoms with Gasteiger partial charge in [-0.1, -0.05) is 29.3 Å². The number of hydrogen-bond donors (Lipinski definition) is 1. The van der Waals surface area contributed by atoms with Gasteiger partial charge in [-0.2, -0.15) is 0 Å². The molecule has 1 fully saturated rings. The third-order valence-corrected chi connectivity index (χ3v) is 4.73. The smallest absolute Gasteiger partial charge is 0.329 e. The van der Waals surface area contributed by atoms with Crippen LogP contribution in [-0.4, -0.2) is 21.4 Å². The Balaban J connectivity index is 1.84. The van der Waals surface area contributed by atoms with Gasteiger partial charge in [-0.3, -0.25) is 9.69 Å². The summed E-state index contributed by atoms with van der Waals surface area (Å²) in [6.45, 7) is 2.10. The molecule has 0 unspecified atom stereocenters. The Morgan fingerprint density at radius 2 is 1.88 bits per heavy atom. The molecule has 1 N–H and O–H groups in total. The van der Waals surface area contributed by atoms with Crippen molar-refractivity contribution in [1.29, 1.82) is 0 Å². The topological polar surface area (TPSA) is 54.3 Å². The summed E-state index contributed by atoms with van der Waals surface area (Å²) in [7, 11) is 1.90. The van der Waals surface area contributed by atoms with Crippen LogP contribution in [-0.2, 0) is 18.4 Å². The molecule has 5 nitrogen and oxygen atoms in total. The van der Waals surface area contributed by atoms with Crippen LogP contribution in [0.5, 0.6) is 0 Å². The molecule has 0 radical (unpaired) electrons. The van der Waals surface area contributed by atoms with Crippen molar-refractivity contribution in [2.75, 3.05) is 0 Å². The monoisotopic (exact) mass is 363 g/mol. The minimum atomic E-state index is -0.455. The first-order valence-electron chi connectivity index (χ1n) is 7.27. The van der Waals surface area contributed by atoms with Crippen molar-refractivity contribution < 1.29 is 9.59 Å². The third-order valence-electron chi connectivity index (χ3n) is 3.99. The number of benzene rings is 1. The number of hydrogen-bond acceptors (Lipinski definition) is 2. The molecule has 0 atom stereocenters. The van der Waals surface area contributed by atoms with Crippen LogP contribution < -0.4 is 5.32 Å². The number of nitrogens with zero attached hydrogens (tertiary/aromatic N) is 2. The first-order chi connectivity index (χ1) is 11.4. The number of nitrogens with one attached hydrogen (secondary N) is 1. The maximum absolute atomic E-state index is 12.5. The molecule has 1 aliphatic heterocycles. The van der Waals surface area contributed by atoms with E-state index in [1.54, 1.807) is 24.3 Å². The minimum Gasteiger partial charge on any atom is -0.348 e. The molecule has 124 valence electrons. The van der Waals surface area contributed by atoms with E-state index in [4.69, 9.17) is 23.2 Å². The van der Waals surface area contributed by atoms with Crippen LogP contribution in [0.1, 0.15) is 17.0 Å². The van der Waals surface area contributed by atoms with Crippen LogP contribution in [0.15, 0.2) is 36.0 Å². The van der Waals surface area contributed by atoms with Crippen LogP contribution >= 0.6 is 23.2 Å². The molecule has 3 amide bonds. The van der Waals surface area contributed by atoms with E-state index in [0.717, 1.165) is 21.9 Å². The SMILES string of the molecule is Cc1ccc(/C=C2\NC(=O)N(Cc3ccc(Cl)c(Cl)c3)C2=O)n1C. The molecular formula is C17H15Cl2N3O2. The first kappa shape index (κ1) is 16.6. The van der Waals surface area contributed by atoms with Crippen LogP contribution in [0.4, 0.5) is 4.79 Å². The summed E-state index contributed by atoms with van der Waals surface area (Å²) in [4.78, 5) is 25.8. The van der Waals surface area contributed by atoms with E-state index in [0.29, 0.717) is 10.0 Å². The lowest BCUT2D eigenvalue weighted by Gasteiger charge is -2.12. The van der Waals surface area contributed by atoms with E-state index in [1.807, 2.05) is 30.7 Å². The molecule has 1 aromatic carbocycles. The number of halogens is 2. The molecule has 0 bridgehead atoms. The number of rotatable bonds is 3. The summed E-state index contributed by atoms with van der Waals surface area (Å²) in [6.07, 6.45) is 1.67. The fraction of sp³-hybridized carbons (Fsp3) is 0.176. The average molecular weight is 364 g/mol. The van der Waals surface area contributed by atoms with Crippen LogP contribution in [0.2, 0.25) is 10.0 Å². The van der Waals surface area contributed by atoms with E-state index in [9.17, 15) is 9.59 Å². The Kier molecular flexibility index (Phi) is 4.39. The number of amides is 3. The molecule has 2 aromatic rings. The highest BCUT2D eigenvalue weighted by atomic mass is 35.5. The van der Waals surface area contributed by atoms with Crippen LogP contribution in [0.3, 0.4) is 0 Å². The van der Waals surface area contributed by atoms with Crippen LogP contribution in [0, 0.1) is 6.92 Å². The minimum absolute atomic E-state index is 0.130. The van der Waals surface area contributed by atoms with Gasteiger partial charge in [0.15, 0.2) is 0 Å². The van der Waals surface area contributed by atoms with E-state index in [-0.39, 0.29) is 18.1 Å². The molecule has 0 aliphatic carbocycles. The molecule has 0 saturated carbocycles. The predicted octanol–water partition coefficient (Wildman–Crippen LogP) is 3.73. The van der Waals surface area contributed by atoms with Crippen molar-refractivity contribution in [3.05, 3.63) is 63.0 Å². The van der Waals surface area contributed by atoms with Crippen molar-refractivity contribution in [2.45, 2.75) is 13.5 Å². The third kappa shape index (κ3) is 3.05. The highest BCUT2D eigenvalue weighted by Gasteiger charge is 2.33. The average Bonchev–Trinajstić information content (AvgIpc) is 2.99. The summed E-state index contributed by atoms with van der Waals surface area (Å²) >= 11 is 11.9. The fourth-order valence-corrected chi connectivity index (χ4v) is 2.78. The number of imide groups is 1. The second-order valence-electron chi connectivity index (χ2n) is 5.59. The molecule has 24 heavy (non-hydrogen) atoms. The molecule has 0 spiro atoms. The van der Waals surface area contributed by atoms with Gasteiger partial charge in [0.25, 0.3) is 5.91 Å². The van der Waals surface area contributed by atoms with Crippen molar-refractivity contribution in [3.8, 4) is 0 Å².